The van der Waals surface area contributed by atoms with E-state index in [1.165, 1.54) is 25.7 Å². The van der Waals surface area contributed by atoms with E-state index in [-0.39, 0.29) is 0 Å². The van der Waals surface area contributed by atoms with Gasteiger partial charge >= 0.3 is 0 Å². The number of halogens is 2. The molecule has 1 atom stereocenters. The number of aliphatic hydroxyl groups is 1. The summed E-state index contributed by atoms with van der Waals surface area (Å²) in [6.07, 6.45) is 5.30. The molecule has 0 bridgehead atoms. The van der Waals surface area contributed by atoms with Gasteiger partial charge in [0.15, 0.2) is 0 Å². The molecule has 4 heteroatoms. The molecular weight excluding hydrogens is 305 g/mol. The minimum absolute atomic E-state index is 0.473. The fraction of sp³-hybridized carbons (Fsp3) is 0.647. The monoisotopic (exact) mass is 329 g/mol. The lowest BCUT2D eigenvalue weighted by atomic mass is 9.86. The standard InChI is InChI=1S/C17H25Cl2NO/c1-12-6-8-13(9-7-12)20(2)11-10-16(21)14-4-3-5-15(18)17(14)19/h3-5,12-13,16,21H,6-11H2,1-2H3. The Labute approximate surface area is 138 Å². The van der Waals surface area contributed by atoms with Crippen molar-refractivity contribution in [1.29, 1.82) is 0 Å². The van der Waals surface area contributed by atoms with Crippen molar-refractivity contribution in [2.24, 2.45) is 5.92 Å². The Bertz CT molecular complexity index is 458. The molecule has 0 aliphatic heterocycles. The number of benzene rings is 1. The highest BCUT2D eigenvalue weighted by Gasteiger charge is 2.22. The first kappa shape index (κ1) is 17.1. The molecule has 2 nitrogen and oxygen atoms in total. The SMILES string of the molecule is CC1CCC(N(C)CCC(O)c2cccc(Cl)c2Cl)CC1. The van der Waals surface area contributed by atoms with Crippen LogP contribution in [0.25, 0.3) is 0 Å². The smallest absolute Gasteiger partial charge is 0.0817 e. The first-order valence-electron chi connectivity index (χ1n) is 7.81. The minimum Gasteiger partial charge on any atom is -0.388 e. The second kappa shape index (κ2) is 7.82. The van der Waals surface area contributed by atoms with Gasteiger partial charge in [-0.15, -0.1) is 0 Å². The van der Waals surface area contributed by atoms with Crippen molar-refractivity contribution in [3.8, 4) is 0 Å². The summed E-state index contributed by atoms with van der Waals surface area (Å²) < 4.78 is 0. The van der Waals surface area contributed by atoms with E-state index in [2.05, 4.69) is 18.9 Å². The fourth-order valence-corrected chi connectivity index (χ4v) is 3.56. The van der Waals surface area contributed by atoms with Crippen LogP contribution >= 0.6 is 23.2 Å². The van der Waals surface area contributed by atoms with Gasteiger partial charge in [-0.05, 0) is 51.1 Å². The molecule has 0 heterocycles. The zero-order chi connectivity index (χ0) is 15.4. The van der Waals surface area contributed by atoms with E-state index in [0.717, 1.165) is 18.0 Å². The fourth-order valence-electron chi connectivity index (χ4n) is 3.13. The Morgan fingerprint density at radius 3 is 2.57 bits per heavy atom. The molecule has 1 fully saturated rings. The number of nitrogens with zero attached hydrogens (tertiary/aromatic N) is 1. The van der Waals surface area contributed by atoms with Crippen molar-refractivity contribution in [3.63, 3.8) is 0 Å². The van der Waals surface area contributed by atoms with Gasteiger partial charge < -0.3 is 10.0 Å². The Morgan fingerprint density at radius 1 is 1.24 bits per heavy atom. The Balaban J connectivity index is 1.86. The van der Waals surface area contributed by atoms with E-state index in [4.69, 9.17) is 23.2 Å². The normalized spacial score (nSPS) is 24.3. The quantitative estimate of drug-likeness (QED) is 0.828. The van der Waals surface area contributed by atoms with Crippen LogP contribution in [0.3, 0.4) is 0 Å². The third kappa shape index (κ3) is 4.59. The summed E-state index contributed by atoms with van der Waals surface area (Å²) >= 11 is 12.2. The van der Waals surface area contributed by atoms with Crippen LogP contribution in [0.4, 0.5) is 0 Å². The second-order valence-electron chi connectivity index (χ2n) is 6.34. The van der Waals surface area contributed by atoms with Crippen LogP contribution in [0.15, 0.2) is 18.2 Å². The number of aliphatic hydroxyl groups excluding tert-OH is 1. The number of rotatable bonds is 5. The molecule has 0 aromatic heterocycles. The molecule has 0 amide bonds. The van der Waals surface area contributed by atoms with Crippen molar-refractivity contribution < 1.29 is 5.11 Å². The van der Waals surface area contributed by atoms with Gasteiger partial charge in [0.2, 0.25) is 0 Å². The van der Waals surface area contributed by atoms with Gasteiger partial charge in [-0.25, -0.2) is 0 Å². The summed E-state index contributed by atoms with van der Waals surface area (Å²) in [6, 6.07) is 6.08. The lowest BCUT2D eigenvalue weighted by molar-refractivity contribution is 0.119. The van der Waals surface area contributed by atoms with Crippen LogP contribution < -0.4 is 0 Å². The molecule has 1 aliphatic rings. The van der Waals surface area contributed by atoms with Gasteiger partial charge in [-0.2, -0.15) is 0 Å². The Morgan fingerprint density at radius 2 is 1.90 bits per heavy atom. The molecule has 0 saturated heterocycles. The largest absolute Gasteiger partial charge is 0.388 e. The minimum atomic E-state index is -0.554. The third-order valence-electron chi connectivity index (χ3n) is 4.70. The average molecular weight is 330 g/mol. The molecule has 1 aliphatic carbocycles. The summed E-state index contributed by atoms with van der Waals surface area (Å²) in [4.78, 5) is 2.38. The summed E-state index contributed by atoms with van der Waals surface area (Å²) in [5, 5.41) is 11.3. The zero-order valence-electron chi connectivity index (χ0n) is 12.9. The molecule has 1 unspecified atom stereocenters. The van der Waals surface area contributed by atoms with E-state index >= 15 is 0 Å². The van der Waals surface area contributed by atoms with Gasteiger partial charge in [0.25, 0.3) is 0 Å². The molecule has 1 aromatic carbocycles. The van der Waals surface area contributed by atoms with Crippen LogP contribution in [0.1, 0.15) is 50.7 Å². The van der Waals surface area contributed by atoms with Crippen LogP contribution in [0.5, 0.6) is 0 Å². The molecule has 0 spiro atoms. The van der Waals surface area contributed by atoms with Crippen LogP contribution in [0.2, 0.25) is 10.0 Å². The van der Waals surface area contributed by atoms with E-state index < -0.39 is 6.10 Å². The Hall–Kier alpha value is -0.280. The van der Waals surface area contributed by atoms with Crippen LogP contribution in [-0.2, 0) is 0 Å². The van der Waals surface area contributed by atoms with Gasteiger partial charge in [0.05, 0.1) is 16.1 Å². The first-order valence-corrected chi connectivity index (χ1v) is 8.57. The van der Waals surface area contributed by atoms with Crippen molar-refractivity contribution in [3.05, 3.63) is 33.8 Å². The van der Waals surface area contributed by atoms with E-state index in [1.54, 1.807) is 6.07 Å². The lowest BCUT2D eigenvalue weighted by Gasteiger charge is -2.34. The predicted octanol–water partition coefficient (Wildman–Crippen LogP) is 4.93. The number of hydrogen-bond acceptors (Lipinski definition) is 2. The second-order valence-corrected chi connectivity index (χ2v) is 7.13. The predicted molar refractivity (Wildman–Crippen MR) is 90.1 cm³/mol. The summed E-state index contributed by atoms with van der Waals surface area (Å²) in [5.74, 6) is 0.866. The third-order valence-corrected chi connectivity index (χ3v) is 5.54. The maximum atomic E-state index is 10.3. The zero-order valence-corrected chi connectivity index (χ0v) is 14.4. The van der Waals surface area contributed by atoms with Gasteiger partial charge in [-0.1, -0.05) is 42.3 Å². The highest BCUT2D eigenvalue weighted by Crippen LogP contribution is 2.32. The van der Waals surface area contributed by atoms with Crippen molar-refractivity contribution >= 4 is 23.2 Å². The van der Waals surface area contributed by atoms with Crippen LogP contribution in [0, 0.1) is 5.92 Å². The summed E-state index contributed by atoms with van der Waals surface area (Å²) in [7, 11) is 2.16. The number of hydrogen-bond donors (Lipinski definition) is 1. The molecule has 2 rings (SSSR count). The lowest BCUT2D eigenvalue weighted by Crippen LogP contribution is -2.36. The maximum absolute atomic E-state index is 10.3. The van der Waals surface area contributed by atoms with Crippen molar-refractivity contribution in [2.75, 3.05) is 13.6 Å². The molecule has 118 valence electrons. The summed E-state index contributed by atoms with van der Waals surface area (Å²) in [6.45, 7) is 3.21. The van der Waals surface area contributed by atoms with Gasteiger partial charge in [-0.3, -0.25) is 0 Å². The molecule has 1 N–H and O–H groups in total. The van der Waals surface area contributed by atoms with Gasteiger partial charge in [0, 0.05) is 18.2 Å². The molecule has 0 radical (unpaired) electrons. The Kier molecular flexibility index (Phi) is 6.36. The molecular formula is C17H25Cl2NO. The maximum Gasteiger partial charge on any atom is 0.0817 e. The van der Waals surface area contributed by atoms with E-state index in [0.29, 0.717) is 22.5 Å². The van der Waals surface area contributed by atoms with Crippen molar-refractivity contribution in [1.82, 2.24) is 4.90 Å². The first-order chi connectivity index (χ1) is 9.99. The average Bonchev–Trinajstić information content (AvgIpc) is 2.48. The highest BCUT2D eigenvalue weighted by atomic mass is 35.5. The summed E-state index contributed by atoms with van der Waals surface area (Å²) in [5.41, 5.74) is 0.731. The van der Waals surface area contributed by atoms with Crippen molar-refractivity contribution in [2.45, 2.75) is 51.2 Å². The van der Waals surface area contributed by atoms with E-state index in [9.17, 15) is 5.11 Å². The van der Waals surface area contributed by atoms with E-state index in [1.807, 2.05) is 12.1 Å². The molecule has 1 aromatic rings. The topological polar surface area (TPSA) is 23.5 Å². The highest BCUT2D eigenvalue weighted by molar-refractivity contribution is 6.42. The van der Waals surface area contributed by atoms with Crippen LogP contribution in [-0.4, -0.2) is 29.6 Å². The molecule has 1 saturated carbocycles. The van der Waals surface area contributed by atoms with Gasteiger partial charge in [0.1, 0.15) is 0 Å². The molecule has 21 heavy (non-hydrogen) atoms.